The number of aliphatic hydroxyl groups excluding tert-OH is 1. The number of hydrogen-bond donors (Lipinski definition) is 1. The first-order chi connectivity index (χ1) is 7.70. The SMILES string of the molecule is CN(Cc1nccn1C)c1ncc(CO)s1. The van der Waals surface area contributed by atoms with Gasteiger partial charge in [0.15, 0.2) is 5.13 Å². The molecule has 6 heteroatoms. The first kappa shape index (κ1) is 11.1. The van der Waals surface area contributed by atoms with E-state index in [0.717, 1.165) is 15.8 Å². The molecule has 0 aliphatic rings. The van der Waals surface area contributed by atoms with E-state index in [1.165, 1.54) is 11.3 Å². The van der Waals surface area contributed by atoms with Crippen molar-refractivity contribution in [1.82, 2.24) is 14.5 Å². The van der Waals surface area contributed by atoms with Crippen molar-refractivity contribution in [3.63, 3.8) is 0 Å². The molecule has 0 amide bonds. The van der Waals surface area contributed by atoms with E-state index in [9.17, 15) is 0 Å². The van der Waals surface area contributed by atoms with E-state index < -0.39 is 0 Å². The summed E-state index contributed by atoms with van der Waals surface area (Å²) in [6.45, 7) is 0.760. The molecule has 5 nitrogen and oxygen atoms in total. The maximum Gasteiger partial charge on any atom is 0.185 e. The standard InChI is InChI=1S/C10H14N4OS/c1-13-4-3-11-9(13)6-14(2)10-12-5-8(7-15)16-10/h3-5,15H,6-7H2,1-2H3. The van der Waals surface area contributed by atoms with E-state index in [1.807, 2.05) is 29.8 Å². The molecule has 0 aromatic carbocycles. The minimum atomic E-state index is 0.0495. The van der Waals surface area contributed by atoms with Crippen molar-refractivity contribution in [2.45, 2.75) is 13.2 Å². The first-order valence-corrected chi connectivity index (χ1v) is 5.75. The normalized spacial score (nSPS) is 10.7. The number of hydrogen-bond acceptors (Lipinski definition) is 5. The van der Waals surface area contributed by atoms with Gasteiger partial charge in [-0.25, -0.2) is 9.97 Å². The third-order valence-corrected chi connectivity index (χ3v) is 3.42. The molecule has 1 N–H and O–H groups in total. The molecular weight excluding hydrogens is 224 g/mol. The van der Waals surface area contributed by atoms with Crippen molar-refractivity contribution in [3.05, 3.63) is 29.3 Å². The lowest BCUT2D eigenvalue weighted by Crippen LogP contribution is -2.18. The van der Waals surface area contributed by atoms with Crippen LogP contribution in [-0.4, -0.2) is 26.7 Å². The lowest BCUT2D eigenvalue weighted by Gasteiger charge is -2.14. The van der Waals surface area contributed by atoms with Crippen molar-refractivity contribution in [3.8, 4) is 0 Å². The highest BCUT2D eigenvalue weighted by molar-refractivity contribution is 7.15. The fourth-order valence-corrected chi connectivity index (χ4v) is 2.11. The molecule has 0 aliphatic carbocycles. The van der Waals surface area contributed by atoms with Gasteiger partial charge in [-0.1, -0.05) is 11.3 Å². The molecule has 0 unspecified atom stereocenters. The predicted octanol–water partition coefficient (Wildman–Crippen LogP) is 1.01. The van der Waals surface area contributed by atoms with E-state index in [2.05, 4.69) is 9.97 Å². The maximum atomic E-state index is 8.97. The lowest BCUT2D eigenvalue weighted by molar-refractivity contribution is 0.285. The molecule has 0 aliphatic heterocycles. The summed E-state index contributed by atoms with van der Waals surface area (Å²) < 4.78 is 1.98. The van der Waals surface area contributed by atoms with Gasteiger partial charge < -0.3 is 14.6 Å². The topological polar surface area (TPSA) is 54.2 Å². The van der Waals surface area contributed by atoms with Crippen LogP contribution in [0, 0.1) is 0 Å². The molecule has 0 atom stereocenters. The van der Waals surface area contributed by atoms with Gasteiger partial charge in [0, 0.05) is 32.7 Å². The van der Waals surface area contributed by atoms with Crippen LogP contribution in [0.4, 0.5) is 5.13 Å². The van der Waals surface area contributed by atoms with E-state index in [0.29, 0.717) is 6.54 Å². The van der Waals surface area contributed by atoms with Gasteiger partial charge in [0.1, 0.15) is 5.82 Å². The molecule has 2 rings (SSSR count). The fourth-order valence-electron chi connectivity index (χ4n) is 1.38. The smallest absolute Gasteiger partial charge is 0.185 e. The molecular formula is C10H14N4OS. The van der Waals surface area contributed by atoms with E-state index in [4.69, 9.17) is 5.11 Å². The van der Waals surface area contributed by atoms with Gasteiger partial charge >= 0.3 is 0 Å². The van der Waals surface area contributed by atoms with E-state index >= 15 is 0 Å². The molecule has 0 saturated heterocycles. The minimum absolute atomic E-state index is 0.0495. The van der Waals surface area contributed by atoms with Crippen LogP contribution in [0.1, 0.15) is 10.7 Å². The summed E-state index contributed by atoms with van der Waals surface area (Å²) in [6, 6.07) is 0. The third kappa shape index (κ3) is 2.23. The van der Waals surface area contributed by atoms with E-state index in [-0.39, 0.29) is 6.61 Å². The molecule has 2 aromatic rings. The average Bonchev–Trinajstić information content (AvgIpc) is 2.88. The molecule has 2 aromatic heterocycles. The second-order valence-electron chi connectivity index (χ2n) is 3.58. The number of nitrogens with zero attached hydrogens (tertiary/aromatic N) is 4. The molecule has 0 spiro atoms. The molecule has 86 valence electrons. The largest absolute Gasteiger partial charge is 0.391 e. The number of aliphatic hydroxyl groups is 1. The van der Waals surface area contributed by atoms with Crippen LogP contribution in [0.2, 0.25) is 0 Å². The Morgan fingerprint density at radius 2 is 2.31 bits per heavy atom. The van der Waals surface area contributed by atoms with Gasteiger partial charge in [-0.05, 0) is 0 Å². The summed E-state index contributed by atoms with van der Waals surface area (Å²) in [6.07, 6.45) is 5.41. The number of thiazole rings is 1. The summed E-state index contributed by atoms with van der Waals surface area (Å²) in [5, 5.41) is 9.86. The van der Waals surface area contributed by atoms with Crippen LogP contribution in [0.25, 0.3) is 0 Å². The third-order valence-electron chi connectivity index (χ3n) is 2.32. The summed E-state index contributed by atoms with van der Waals surface area (Å²) in [4.78, 5) is 11.4. The maximum absolute atomic E-state index is 8.97. The van der Waals surface area contributed by atoms with Crippen molar-refractivity contribution >= 4 is 16.5 Å². The zero-order valence-corrected chi connectivity index (χ0v) is 10.1. The summed E-state index contributed by atoms with van der Waals surface area (Å²) in [7, 11) is 3.94. The zero-order chi connectivity index (χ0) is 11.5. The highest BCUT2D eigenvalue weighted by atomic mass is 32.1. The molecule has 0 radical (unpaired) electrons. The summed E-state index contributed by atoms with van der Waals surface area (Å²) >= 11 is 1.50. The van der Waals surface area contributed by atoms with Gasteiger partial charge in [0.25, 0.3) is 0 Å². The highest BCUT2D eigenvalue weighted by Gasteiger charge is 2.09. The number of rotatable bonds is 4. The van der Waals surface area contributed by atoms with Gasteiger partial charge in [0.05, 0.1) is 18.0 Å². The first-order valence-electron chi connectivity index (χ1n) is 4.93. The second kappa shape index (κ2) is 4.63. The Morgan fingerprint density at radius 3 is 2.88 bits per heavy atom. The summed E-state index contributed by atoms with van der Waals surface area (Å²) in [5.74, 6) is 0.989. The number of aryl methyl sites for hydroxylation is 1. The van der Waals surface area contributed by atoms with Crippen molar-refractivity contribution in [2.75, 3.05) is 11.9 Å². The summed E-state index contributed by atoms with van der Waals surface area (Å²) in [5.41, 5.74) is 0. The Kier molecular flexibility index (Phi) is 3.21. The Labute approximate surface area is 98.0 Å². The van der Waals surface area contributed by atoms with Crippen LogP contribution in [0.5, 0.6) is 0 Å². The zero-order valence-electron chi connectivity index (χ0n) is 9.29. The van der Waals surface area contributed by atoms with Crippen LogP contribution >= 0.6 is 11.3 Å². The van der Waals surface area contributed by atoms with Crippen LogP contribution < -0.4 is 4.90 Å². The predicted molar refractivity (Wildman–Crippen MR) is 63.4 cm³/mol. The molecule has 0 fully saturated rings. The Bertz CT molecular complexity index is 465. The van der Waals surface area contributed by atoms with Gasteiger partial charge in [-0.3, -0.25) is 0 Å². The number of imidazole rings is 1. The van der Waals surface area contributed by atoms with Crippen LogP contribution in [0.15, 0.2) is 18.6 Å². The van der Waals surface area contributed by atoms with Crippen LogP contribution in [0.3, 0.4) is 0 Å². The van der Waals surface area contributed by atoms with Gasteiger partial charge in [-0.2, -0.15) is 0 Å². The fraction of sp³-hybridized carbons (Fsp3) is 0.400. The van der Waals surface area contributed by atoms with E-state index in [1.54, 1.807) is 12.4 Å². The van der Waals surface area contributed by atoms with Crippen molar-refractivity contribution < 1.29 is 5.11 Å². The Hall–Kier alpha value is -1.40. The molecule has 0 bridgehead atoms. The Balaban J connectivity index is 2.08. The molecule has 0 saturated carbocycles. The number of aromatic nitrogens is 3. The quantitative estimate of drug-likeness (QED) is 0.863. The molecule has 2 heterocycles. The van der Waals surface area contributed by atoms with Crippen LogP contribution in [-0.2, 0) is 20.2 Å². The Morgan fingerprint density at radius 1 is 1.50 bits per heavy atom. The van der Waals surface area contributed by atoms with Gasteiger partial charge in [0.2, 0.25) is 0 Å². The average molecular weight is 238 g/mol. The second-order valence-corrected chi connectivity index (χ2v) is 4.67. The highest BCUT2D eigenvalue weighted by Crippen LogP contribution is 2.22. The molecule has 16 heavy (non-hydrogen) atoms. The minimum Gasteiger partial charge on any atom is -0.391 e. The van der Waals surface area contributed by atoms with Crippen molar-refractivity contribution in [2.24, 2.45) is 7.05 Å². The monoisotopic (exact) mass is 238 g/mol. The number of anilines is 1. The van der Waals surface area contributed by atoms with Crippen molar-refractivity contribution in [1.29, 1.82) is 0 Å². The lowest BCUT2D eigenvalue weighted by atomic mass is 10.5. The van der Waals surface area contributed by atoms with Gasteiger partial charge in [-0.15, -0.1) is 0 Å².